The molecule has 2 aromatic heterocycles. The van der Waals surface area contributed by atoms with Gasteiger partial charge < -0.3 is 10.3 Å². The van der Waals surface area contributed by atoms with Gasteiger partial charge in [-0.05, 0) is 35.7 Å². The summed E-state index contributed by atoms with van der Waals surface area (Å²) in [6.45, 7) is 0.661. The standard InChI is InChI=1S/C20H19N5O/c26-20(10-7-16-11-22-19-4-2-1-3-18(16)19)24-17-8-5-15(6-9-17)12-25-14-21-13-23-25/h1-6,8-9,11,13-14,22H,7,10,12H2,(H,24,26). The summed E-state index contributed by atoms with van der Waals surface area (Å²) in [4.78, 5) is 19.4. The Morgan fingerprint density at radius 1 is 1.12 bits per heavy atom. The van der Waals surface area contributed by atoms with E-state index in [0.29, 0.717) is 19.4 Å². The maximum atomic E-state index is 12.2. The highest BCUT2D eigenvalue weighted by atomic mass is 16.1. The van der Waals surface area contributed by atoms with Gasteiger partial charge in [-0.3, -0.25) is 4.79 Å². The van der Waals surface area contributed by atoms with Crippen LogP contribution in [0.2, 0.25) is 0 Å². The van der Waals surface area contributed by atoms with Crippen molar-refractivity contribution in [2.45, 2.75) is 19.4 Å². The Bertz CT molecular complexity index is 1000. The second-order valence-corrected chi connectivity index (χ2v) is 6.20. The molecule has 26 heavy (non-hydrogen) atoms. The fraction of sp³-hybridized carbons (Fsp3) is 0.150. The molecule has 0 bridgehead atoms. The molecule has 0 unspecified atom stereocenters. The van der Waals surface area contributed by atoms with Crippen molar-refractivity contribution in [2.75, 3.05) is 5.32 Å². The molecule has 0 saturated carbocycles. The lowest BCUT2D eigenvalue weighted by atomic mass is 10.1. The number of anilines is 1. The van der Waals surface area contributed by atoms with E-state index >= 15 is 0 Å². The van der Waals surface area contributed by atoms with Gasteiger partial charge in [-0.1, -0.05) is 30.3 Å². The summed E-state index contributed by atoms with van der Waals surface area (Å²) in [5.74, 6) is 0.0132. The zero-order valence-corrected chi connectivity index (χ0v) is 14.2. The number of para-hydroxylation sites is 1. The van der Waals surface area contributed by atoms with Crippen molar-refractivity contribution >= 4 is 22.5 Å². The first-order valence-corrected chi connectivity index (χ1v) is 8.54. The first kappa shape index (κ1) is 16.1. The Balaban J connectivity index is 1.33. The first-order valence-electron chi connectivity index (χ1n) is 8.54. The Labute approximate surface area is 150 Å². The van der Waals surface area contributed by atoms with Gasteiger partial charge in [0.15, 0.2) is 0 Å². The molecule has 4 aromatic rings. The van der Waals surface area contributed by atoms with E-state index in [1.807, 2.05) is 48.7 Å². The third-order valence-electron chi connectivity index (χ3n) is 4.35. The number of amides is 1. The van der Waals surface area contributed by atoms with Crippen LogP contribution in [-0.2, 0) is 17.8 Å². The normalized spacial score (nSPS) is 10.9. The number of aromatic amines is 1. The molecule has 0 saturated heterocycles. The number of hydrogen-bond acceptors (Lipinski definition) is 3. The minimum Gasteiger partial charge on any atom is -0.361 e. The molecule has 130 valence electrons. The summed E-state index contributed by atoms with van der Waals surface area (Å²) in [7, 11) is 0. The third kappa shape index (κ3) is 3.64. The van der Waals surface area contributed by atoms with Crippen LogP contribution < -0.4 is 5.32 Å². The van der Waals surface area contributed by atoms with Crippen molar-refractivity contribution in [1.82, 2.24) is 19.7 Å². The molecule has 0 aliphatic carbocycles. The zero-order chi connectivity index (χ0) is 17.8. The van der Waals surface area contributed by atoms with Crippen LogP contribution in [0.5, 0.6) is 0 Å². The van der Waals surface area contributed by atoms with Crippen LogP contribution in [0.4, 0.5) is 5.69 Å². The van der Waals surface area contributed by atoms with Gasteiger partial charge in [-0.15, -0.1) is 0 Å². The van der Waals surface area contributed by atoms with Crippen molar-refractivity contribution in [2.24, 2.45) is 0 Å². The van der Waals surface area contributed by atoms with Crippen LogP contribution in [0, 0.1) is 0 Å². The van der Waals surface area contributed by atoms with Crippen LogP contribution >= 0.6 is 0 Å². The van der Waals surface area contributed by atoms with E-state index in [4.69, 9.17) is 0 Å². The van der Waals surface area contributed by atoms with Crippen molar-refractivity contribution in [3.05, 3.63) is 78.5 Å². The van der Waals surface area contributed by atoms with E-state index in [1.54, 1.807) is 11.0 Å². The number of fused-ring (bicyclic) bond motifs is 1. The summed E-state index contributed by atoms with van der Waals surface area (Å²) >= 11 is 0. The van der Waals surface area contributed by atoms with Crippen LogP contribution in [0.15, 0.2) is 67.4 Å². The van der Waals surface area contributed by atoms with Gasteiger partial charge in [0.25, 0.3) is 0 Å². The number of aryl methyl sites for hydroxylation is 1. The van der Waals surface area contributed by atoms with E-state index in [0.717, 1.165) is 16.8 Å². The highest BCUT2D eigenvalue weighted by Gasteiger charge is 2.07. The van der Waals surface area contributed by atoms with Gasteiger partial charge in [0, 0.05) is 29.2 Å². The number of carbonyl (C=O) groups is 1. The van der Waals surface area contributed by atoms with E-state index in [9.17, 15) is 4.79 Å². The molecule has 2 heterocycles. The van der Waals surface area contributed by atoms with E-state index < -0.39 is 0 Å². The van der Waals surface area contributed by atoms with E-state index in [2.05, 4.69) is 26.4 Å². The summed E-state index contributed by atoms with van der Waals surface area (Å²) in [5.41, 5.74) is 4.17. The number of nitrogens with one attached hydrogen (secondary N) is 2. The molecule has 0 aliphatic heterocycles. The average molecular weight is 345 g/mol. The quantitative estimate of drug-likeness (QED) is 0.562. The molecule has 1 amide bonds. The summed E-state index contributed by atoms with van der Waals surface area (Å²) in [6, 6.07) is 15.9. The molecular formula is C20H19N5O. The topological polar surface area (TPSA) is 75.6 Å². The number of H-pyrrole nitrogens is 1. The minimum absolute atomic E-state index is 0.0132. The fourth-order valence-electron chi connectivity index (χ4n) is 3.01. The highest BCUT2D eigenvalue weighted by molar-refractivity contribution is 5.91. The minimum atomic E-state index is 0.0132. The second kappa shape index (κ2) is 7.23. The van der Waals surface area contributed by atoms with Gasteiger partial charge in [0.05, 0.1) is 6.54 Å². The molecule has 0 fully saturated rings. The van der Waals surface area contributed by atoms with Gasteiger partial charge >= 0.3 is 0 Å². The second-order valence-electron chi connectivity index (χ2n) is 6.20. The number of nitrogens with zero attached hydrogens (tertiary/aromatic N) is 3. The van der Waals surface area contributed by atoms with Crippen molar-refractivity contribution in [3.8, 4) is 0 Å². The van der Waals surface area contributed by atoms with Crippen LogP contribution in [0.3, 0.4) is 0 Å². The number of aromatic nitrogens is 4. The lowest BCUT2D eigenvalue weighted by molar-refractivity contribution is -0.116. The molecule has 0 radical (unpaired) electrons. The highest BCUT2D eigenvalue weighted by Crippen LogP contribution is 2.19. The summed E-state index contributed by atoms with van der Waals surface area (Å²) < 4.78 is 1.76. The maximum absolute atomic E-state index is 12.2. The third-order valence-corrected chi connectivity index (χ3v) is 4.35. The molecule has 0 atom stereocenters. The molecular weight excluding hydrogens is 326 g/mol. The van der Waals surface area contributed by atoms with Crippen LogP contribution in [0.25, 0.3) is 10.9 Å². The smallest absolute Gasteiger partial charge is 0.224 e. The van der Waals surface area contributed by atoms with E-state index in [1.165, 1.54) is 17.3 Å². The largest absolute Gasteiger partial charge is 0.361 e. The van der Waals surface area contributed by atoms with Crippen molar-refractivity contribution in [1.29, 1.82) is 0 Å². The summed E-state index contributed by atoms with van der Waals surface area (Å²) in [5, 5.41) is 8.22. The molecule has 4 rings (SSSR count). The van der Waals surface area contributed by atoms with Crippen LogP contribution in [-0.4, -0.2) is 25.7 Å². The predicted octanol–water partition coefficient (Wildman–Crippen LogP) is 3.38. The number of hydrogen-bond donors (Lipinski definition) is 2. The Morgan fingerprint density at radius 2 is 1.96 bits per heavy atom. The monoisotopic (exact) mass is 345 g/mol. The molecule has 2 aromatic carbocycles. The van der Waals surface area contributed by atoms with Crippen LogP contribution in [0.1, 0.15) is 17.5 Å². The maximum Gasteiger partial charge on any atom is 0.224 e. The average Bonchev–Trinajstić information content (AvgIpc) is 3.31. The zero-order valence-electron chi connectivity index (χ0n) is 14.2. The van der Waals surface area contributed by atoms with Crippen molar-refractivity contribution < 1.29 is 4.79 Å². The predicted molar refractivity (Wildman–Crippen MR) is 101 cm³/mol. The number of rotatable bonds is 6. The Kier molecular flexibility index (Phi) is 4.47. The SMILES string of the molecule is O=C(CCc1c[nH]c2ccccc12)Nc1ccc(Cn2cncn2)cc1. The number of benzene rings is 2. The van der Waals surface area contributed by atoms with E-state index in [-0.39, 0.29) is 5.91 Å². The van der Waals surface area contributed by atoms with Crippen molar-refractivity contribution in [3.63, 3.8) is 0 Å². The van der Waals surface area contributed by atoms with Gasteiger partial charge in [-0.25, -0.2) is 9.67 Å². The lowest BCUT2D eigenvalue weighted by Gasteiger charge is -2.07. The molecule has 6 heteroatoms. The molecule has 6 nitrogen and oxygen atoms in total. The fourth-order valence-corrected chi connectivity index (χ4v) is 3.01. The summed E-state index contributed by atoms with van der Waals surface area (Å²) in [6.07, 6.45) is 6.34. The van der Waals surface area contributed by atoms with Gasteiger partial charge in [-0.2, -0.15) is 5.10 Å². The van der Waals surface area contributed by atoms with Gasteiger partial charge in [0.2, 0.25) is 5.91 Å². The Hall–Kier alpha value is -3.41. The van der Waals surface area contributed by atoms with Gasteiger partial charge in [0.1, 0.15) is 12.7 Å². The molecule has 0 aliphatic rings. The molecule has 0 spiro atoms. The molecule has 2 N–H and O–H groups in total. The number of carbonyl (C=O) groups excluding carboxylic acids is 1. The lowest BCUT2D eigenvalue weighted by Crippen LogP contribution is -2.12. The Morgan fingerprint density at radius 3 is 2.77 bits per heavy atom. The first-order chi connectivity index (χ1) is 12.8.